The number of nitrogens with zero attached hydrogens (tertiary/aromatic N) is 2. The van der Waals surface area contributed by atoms with Crippen LogP contribution in [0.15, 0.2) is 12.5 Å². The molecule has 18 heavy (non-hydrogen) atoms. The second-order valence-corrected chi connectivity index (χ2v) is 4.87. The van der Waals surface area contributed by atoms with Gasteiger partial charge in [0.1, 0.15) is 5.69 Å². The molecule has 6 nitrogen and oxygen atoms in total. The average Bonchev–Trinajstić information content (AvgIpc) is 2.81. The minimum atomic E-state index is -0.105. The zero-order chi connectivity index (χ0) is 13.0. The van der Waals surface area contributed by atoms with Crippen LogP contribution in [0.3, 0.4) is 0 Å². The Hall–Kier alpha value is -1.40. The number of imidazole rings is 1. The molecule has 1 aliphatic rings. The summed E-state index contributed by atoms with van der Waals surface area (Å²) in [5.74, 6) is -0.105. The summed E-state index contributed by atoms with van der Waals surface area (Å²) in [6.45, 7) is 1.22. The summed E-state index contributed by atoms with van der Waals surface area (Å²) < 4.78 is 1.83. The molecule has 1 saturated carbocycles. The first-order valence-electron chi connectivity index (χ1n) is 6.47. The lowest BCUT2D eigenvalue weighted by Crippen LogP contribution is -2.40. The van der Waals surface area contributed by atoms with Crippen LogP contribution in [0.25, 0.3) is 0 Å². The molecule has 0 aromatic carbocycles. The van der Waals surface area contributed by atoms with Crippen LogP contribution in [0.4, 0.5) is 0 Å². The van der Waals surface area contributed by atoms with Gasteiger partial charge in [-0.1, -0.05) is 0 Å². The van der Waals surface area contributed by atoms with E-state index in [-0.39, 0.29) is 11.9 Å². The zero-order valence-corrected chi connectivity index (χ0v) is 10.5. The molecule has 0 unspecified atom stereocenters. The van der Waals surface area contributed by atoms with Crippen molar-refractivity contribution in [1.29, 1.82) is 0 Å². The van der Waals surface area contributed by atoms with Crippen molar-refractivity contribution in [2.24, 2.45) is 11.5 Å². The molecule has 0 saturated heterocycles. The molecule has 0 atom stereocenters. The van der Waals surface area contributed by atoms with Gasteiger partial charge >= 0.3 is 0 Å². The Kier molecular flexibility index (Phi) is 4.33. The van der Waals surface area contributed by atoms with Crippen molar-refractivity contribution in [3.8, 4) is 0 Å². The predicted molar refractivity (Wildman–Crippen MR) is 69.0 cm³/mol. The summed E-state index contributed by atoms with van der Waals surface area (Å²) in [4.78, 5) is 16.0. The van der Waals surface area contributed by atoms with Gasteiger partial charge < -0.3 is 21.4 Å². The van der Waals surface area contributed by atoms with Crippen LogP contribution < -0.4 is 16.8 Å². The first-order valence-corrected chi connectivity index (χ1v) is 6.47. The molecule has 0 aliphatic heterocycles. The number of hydrogen-bond donors (Lipinski definition) is 3. The van der Waals surface area contributed by atoms with E-state index in [9.17, 15) is 4.79 Å². The van der Waals surface area contributed by atoms with E-state index < -0.39 is 0 Å². The highest BCUT2D eigenvalue weighted by molar-refractivity contribution is 5.92. The van der Waals surface area contributed by atoms with Crippen molar-refractivity contribution >= 4 is 5.91 Å². The molecule has 0 radical (unpaired) electrons. The number of amides is 1. The number of nitrogens with one attached hydrogen (secondary N) is 1. The molecular weight excluding hydrogens is 230 g/mol. The van der Waals surface area contributed by atoms with Gasteiger partial charge in [0, 0.05) is 31.4 Å². The Morgan fingerprint density at radius 1 is 1.44 bits per heavy atom. The highest BCUT2D eigenvalue weighted by atomic mass is 16.2. The molecular formula is C12H21N5O. The molecule has 1 heterocycles. The molecule has 0 bridgehead atoms. The van der Waals surface area contributed by atoms with Crippen molar-refractivity contribution in [2.75, 3.05) is 6.54 Å². The molecule has 1 aromatic heterocycles. The second kappa shape index (κ2) is 5.97. The fourth-order valence-corrected chi connectivity index (χ4v) is 2.27. The van der Waals surface area contributed by atoms with Crippen molar-refractivity contribution < 1.29 is 4.79 Å². The van der Waals surface area contributed by atoms with Gasteiger partial charge in [0.25, 0.3) is 5.91 Å². The van der Waals surface area contributed by atoms with Crippen molar-refractivity contribution in [2.45, 2.75) is 44.3 Å². The Bertz CT molecular complexity index is 395. The Balaban J connectivity index is 1.86. The normalized spacial score (nSPS) is 23.9. The summed E-state index contributed by atoms with van der Waals surface area (Å²) in [6.07, 6.45) is 7.24. The first-order chi connectivity index (χ1) is 8.69. The predicted octanol–water partition coefficient (Wildman–Crippen LogP) is -0.158. The van der Waals surface area contributed by atoms with Gasteiger partial charge in [0.15, 0.2) is 0 Å². The average molecular weight is 251 g/mol. The molecule has 1 aliphatic carbocycles. The lowest BCUT2D eigenvalue weighted by molar-refractivity contribution is 0.0921. The summed E-state index contributed by atoms with van der Waals surface area (Å²) >= 11 is 0. The maximum Gasteiger partial charge on any atom is 0.271 e. The number of carbonyl (C=O) groups is 1. The maximum absolute atomic E-state index is 12.0. The first kappa shape index (κ1) is 13.0. The zero-order valence-electron chi connectivity index (χ0n) is 10.5. The molecule has 100 valence electrons. The van der Waals surface area contributed by atoms with Crippen LogP contribution in [0, 0.1) is 0 Å². The standard InChI is InChI=1S/C12H21N5O/c13-5-6-17-7-11(15-8-17)12(18)16-10-3-1-9(14)2-4-10/h7-10H,1-6,13-14H2,(H,16,18). The minimum Gasteiger partial charge on any atom is -0.348 e. The van der Waals surface area contributed by atoms with Crippen LogP contribution >= 0.6 is 0 Å². The molecule has 6 heteroatoms. The number of aromatic nitrogens is 2. The third-order valence-corrected chi connectivity index (χ3v) is 3.36. The Morgan fingerprint density at radius 2 is 2.17 bits per heavy atom. The molecule has 0 spiro atoms. The second-order valence-electron chi connectivity index (χ2n) is 4.87. The van der Waals surface area contributed by atoms with E-state index in [0.717, 1.165) is 25.7 Å². The SMILES string of the molecule is NCCn1cnc(C(=O)NC2CCC(N)CC2)c1. The third-order valence-electron chi connectivity index (χ3n) is 3.36. The van der Waals surface area contributed by atoms with Gasteiger partial charge in [0.2, 0.25) is 0 Å². The van der Waals surface area contributed by atoms with Crippen LogP contribution in [-0.4, -0.2) is 34.1 Å². The van der Waals surface area contributed by atoms with Gasteiger partial charge in [-0.2, -0.15) is 0 Å². The quantitative estimate of drug-likeness (QED) is 0.692. The van der Waals surface area contributed by atoms with E-state index in [4.69, 9.17) is 11.5 Å². The van der Waals surface area contributed by atoms with Crippen molar-refractivity contribution in [3.63, 3.8) is 0 Å². The van der Waals surface area contributed by atoms with Crippen molar-refractivity contribution in [3.05, 3.63) is 18.2 Å². The van der Waals surface area contributed by atoms with Crippen LogP contribution in [0.2, 0.25) is 0 Å². The van der Waals surface area contributed by atoms with Gasteiger partial charge in [-0.15, -0.1) is 0 Å². The Morgan fingerprint density at radius 3 is 2.83 bits per heavy atom. The van der Waals surface area contributed by atoms with Crippen LogP contribution in [0.5, 0.6) is 0 Å². The molecule has 5 N–H and O–H groups in total. The van der Waals surface area contributed by atoms with Crippen molar-refractivity contribution in [1.82, 2.24) is 14.9 Å². The van der Waals surface area contributed by atoms with Crippen LogP contribution in [0.1, 0.15) is 36.2 Å². The van der Waals surface area contributed by atoms with E-state index >= 15 is 0 Å². The monoisotopic (exact) mass is 251 g/mol. The Labute approximate surface area is 107 Å². The summed E-state index contributed by atoms with van der Waals surface area (Å²) in [5.41, 5.74) is 11.7. The van der Waals surface area contributed by atoms with E-state index in [1.165, 1.54) is 0 Å². The number of rotatable bonds is 4. The summed E-state index contributed by atoms with van der Waals surface area (Å²) in [6, 6.07) is 0.527. The van der Waals surface area contributed by atoms with E-state index in [2.05, 4.69) is 10.3 Å². The molecule has 1 aromatic rings. The maximum atomic E-state index is 12.0. The topological polar surface area (TPSA) is 99.0 Å². The fraction of sp³-hybridized carbons (Fsp3) is 0.667. The molecule has 1 fully saturated rings. The highest BCUT2D eigenvalue weighted by Gasteiger charge is 2.21. The van der Waals surface area contributed by atoms with Gasteiger partial charge in [-0.25, -0.2) is 4.98 Å². The molecule has 2 rings (SSSR count). The minimum absolute atomic E-state index is 0.105. The lowest BCUT2D eigenvalue weighted by atomic mass is 9.92. The number of carbonyl (C=O) groups excluding carboxylic acids is 1. The van der Waals surface area contributed by atoms with E-state index in [1.807, 2.05) is 4.57 Å². The lowest BCUT2D eigenvalue weighted by Gasteiger charge is -2.26. The molecule has 1 amide bonds. The number of nitrogens with two attached hydrogens (primary N) is 2. The van der Waals surface area contributed by atoms with Gasteiger partial charge in [-0.3, -0.25) is 4.79 Å². The van der Waals surface area contributed by atoms with E-state index in [0.29, 0.717) is 24.8 Å². The summed E-state index contributed by atoms with van der Waals surface area (Å²) in [5, 5.41) is 3.01. The fourth-order valence-electron chi connectivity index (χ4n) is 2.27. The van der Waals surface area contributed by atoms with Crippen LogP contribution in [-0.2, 0) is 6.54 Å². The largest absolute Gasteiger partial charge is 0.348 e. The smallest absolute Gasteiger partial charge is 0.271 e. The van der Waals surface area contributed by atoms with Gasteiger partial charge in [-0.05, 0) is 25.7 Å². The van der Waals surface area contributed by atoms with E-state index in [1.54, 1.807) is 12.5 Å². The third kappa shape index (κ3) is 3.30. The van der Waals surface area contributed by atoms with Gasteiger partial charge in [0.05, 0.1) is 6.33 Å². The summed E-state index contributed by atoms with van der Waals surface area (Å²) in [7, 11) is 0. The number of hydrogen-bond acceptors (Lipinski definition) is 4. The highest BCUT2D eigenvalue weighted by Crippen LogP contribution is 2.17.